The molecule has 168 valence electrons. The molecule has 9 heteroatoms. The molecule has 0 radical (unpaired) electrons. The van der Waals surface area contributed by atoms with E-state index in [1.807, 2.05) is 42.5 Å². The Morgan fingerprint density at radius 1 is 1.03 bits per heavy atom. The molecule has 0 fully saturated rings. The van der Waals surface area contributed by atoms with E-state index in [1.54, 1.807) is 19.2 Å². The van der Waals surface area contributed by atoms with Crippen molar-refractivity contribution in [2.75, 3.05) is 34.0 Å². The van der Waals surface area contributed by atoms with Crippen molar-refractivity contribution in [2.45, 2.75) is 19.0 Å². The van der Waals surface area contributed by atoms with Gasteiger partial charge in [0, 0.05) is 27.1 Å². The number of nitrogens with zero attached hydrogens (tertiary/aromatic N) is 2. The van der Waals surface area contributed by atoms with Gasteiger partial charge in [0.2, 0.25) is 21.8 Å². The third-order valence-corrected chi connectivity index (χ3v) is 6.21. The molecular formula is C22H29N3O5S. The first-order chi connectivity index (χ1) is 14.7. The molecule has 0 heterocycles. The number of ether oxygens (including phenoxy) is 1. The maximum atomic E-state index is 13.2. The van der Waals surface area contributed by atoms with Gasteiger partial charge in [0.05, 0.1) is 19.9 Å². The van der Waals surface area contributed by atoms with Crippen LogP contribution in [-0.4, -0.2) is 69.5 Å². The van der Waals surface area contributed by atoms with Crippen molar-refractivity contribution in [1.82, 2.24) is 14.5 Å². The highest BCUT2D eigenvalue weighted by atomic mass is 32.2. The molecule has 0 aliphatic heterocycles. The SMILES string of the molecule is CNC(=O)[C@@H](Cc1ccccc1)N(Cc1ccc(OC)cc1)C(=O)CN(C)S(C)(=O)=O. The number of hydrogen-bond donors (Lipinski definition) is 1. The molecule has 0 spiro atoms. The van der Waals surface area contributed by atoms with Crippen LogP contribution in [0.5, 0.6) is 5.75 Å². The van der Waals surface area contributed by atoms with E-state index < -0.39 is 22.0 Å². The van der Waals surface area contributed by atoms with Gasteiger partial charge >= 0.3 is 0 Å². The summed E-state index contributed by atoms with van der Waals surface area (Å²) in [7, 11) is 0.859. The number of sulfonamides is 1. The van der Waals surface area contributed by atoms with Gasteiger partial charge in [0.1, 0.15) is 11.8 Å². The number of rotatable bonds is 10. The average molecular weight is 448 g/mol. The van der Waals surface area contributed by atoms with Crippen LogP contribution in [0.15, 0.2) is 54.6 Å². The van der Waals surface area contributed by atoms with E-state index in [0.29, 0.717) is 12.2 Å². The third-order valence-electron chi connectivity index (χ3n) is 4.95. The van der Waals surface area contributed by atoms with E-state index >= 15 is 0 Å². The van der Waals surface area contributed by atoms with Gasteiger partial charge in [-0.05, 0) is 23.3 Å². The Kier molecular flexibility index (Phi) is 8.58. The van der Waals surface area contributed by atoms with Gasteiger partial charge in [-0.25, -0.2) is 8.42 Å². The highest BCUT2D eigenvalue weighted by molar-refractivity contribution is 7.88. The number of methoxy groups -OCH3 is 1. The van der Waals surface area contributed by atoms with Crippen LogP contribution in [0.1, 0.15) is 11.1 Å². The molecular weight excluding hydrogens is 418 g/mol. The van der Waals surface area contributed by atoms with Crippen LogP contribution in [-0.2, 0) is 32.6 Å². The lowest BCUT2D eigenvalue weighted by Gasteiger charge is -2.32. The Morgan fingerprint density at radius 3 is 2.16 bits per heavy atom. The van der Waals surface area contributed by atoms with Crippen LogP contribution in [0.2, 0.25) is 0 Å². The fraction of sp³-hybridized carbons (Fsp3) is 0.364. The van der Waals surface area contributed by atoms with E-state index in [-0.39, 0.29) is 19.0 Å². The summed E-state index contributed by atoms with van der Waals surface area (Å²) in [6, 6.07) is 15.7. The molecule has 1 atom stereocenters. The second-order valence-electron chi connectivity index (χ2n) is 7.21. The van der Waals surface area contributed by atoms with Gasteiger partial charge in [-0.2, -0.15) is 4.31 Å². The molecule has 2 rings (SSSR count). The maximum absolute atomic E-state index is 13.2. The molecule has 2 aromatic rings. The van der Waals surface area contributed by atoms with Crippen LogP contribution in [0.25, 0.3) is 0 Å². The van der Waals surface area contributed by atoms with E-state index in [2.05, 4.69) is 5.32 Å². The topological polar surface area (TPSA) is 96.0 Å². The average Bonchev–Trinajstić information content (AvgIpc) is 2.76. The minimum atomic E-state index is -3.55. The molecule has 0 aliphatic rings. The predicted molar refractivity (Wildman–Crippen MR) is 119 cm³/mol. The van der Waals surface area contributed by atoms with Gasteiger partial charge < -0.3 is 15.0 Å². The zero-order valence-corrected chi connectivity index (χ0v) is 19.1. The predicted octanol–water partition coefficient (Wildman–Crippen LogP) is 1.27. The summed E-state index contributed by atoms with van der Waals surface area (Å²) in [5.41, 5.74) is 1.68. The zero-order chi connectivity index (χ0) is 23.0. The number of nitrogens with one attached hydrogen (secondary N) is 1. The summed E-state index contributed by atoms with van der Waals surface area (Å²) in [6.45, 7) is -0.220. The minimum Gasteiger partial charge on any atom is -0.497 e. The van der Waals surface area contributed by atoms with E-state index in [0.717, 1.165) is 21.7 Å². The standard InChI is InChI=1S/C22H29N3O5S/c1-23-22(27)20(14-17-8-6-5-7-9-17)25(21(26)16-24(2)31(4,28)29)15-18-10-12-19(30-3)13-11-18/h5-13,20H,14-16H2,1-4H3,(H,23,27)/t20-/m1/s1. The lowest BCUT2D eigenvalue weighted by molar-refractivity contribution is -0.141. The van der Waals surface area contributed by atoms with Crippen molar-refractivity contribution in [3.63, 3.8) is 0 Å². The Labute approximate surface area is 183 Å². The Morgan fingerprint density at radius 2 is 1.65 bits per heavy atom. The van der Waals surface area contributed by atoms with Crippen LogP contribution >= 0.6 is 0 Å². The first-order valence-electron chi connectivity index (χ1n) is 9.75. The Hall–Kier alpha value is -2.91. The van der Waals surface area contributed by atoms with E-state index in [9.17, 15) is 18.0 Å². The van der Waals surface area contributed by atoms with Crippen molar-refractivity contribution < 1.29 is 22.7 Å². The molecule has 1 N–H and O–H groups in total. The lowest BCUT2D eigenvalue weighted by Crippen LogP contribution is -2.52. The molecule has 0 aliphatic carbocycles. The van der Waals surface area contributed by atoms with Crippen molar-refractivity contribution in [1.29, 1.82) is 0 Å². The maximum Gasteiger partial charge on any atom is 0.242 e. The molecule has 2 aromatic carbocycles. The van der Waals surface area contributed by atoms with Crippen LogP contribution in [0, 0.1) is 0 Å². The molecule has 2 amide bonds. The summed E-state index contributed by atoms with van der Waals surface area (Å²) in [6.07, 6.45) is 1.33. The molecule has 0 aromatic heterocycles. The number of carbonyl (C=O) groups is 2. The number of likely N-dealkylation sites (N-methyl/N-ethyl adjacent to an activating group) is 2. The molecule has 0 saturated heterocycles. The Balaban J connectivity index is 2.39. The van der Waals surface area contributed by atoms with Crippen molar-refractivity contribution >= 4 is 21.8 Å². The second-order valence-corrected chi connectivity index (χ2v) is 9.30. The zero-order valence-electron chi connectivity index (χ0n) is 18.2. The first kappa shape index (κ1) is 24.4. The molecule has 0 unspecified atom stereocenters. The second kappa shape index (κ2) is 10.9. The van der Waals surface area contributed by atoms with Crippen molar-refractivity contribution in [3.05, 3.63) is 65.7 Å². The van der Waals surface area contributed by atoms with Gasteiger partial charge in [-0.15, -0.1) is 0 Å². The fourth-order valence-electron chi connectivity index (χ4n) is 3.05. The van der Waals surface area contributed by atoms with E-state index in [4.69, 9.17) is 4.74 Å². The monoisotopic (exact) mass is 447 g/mol. The van der Waals surface area contributed by atoms with Crippen LogP contribution in [0.3, 0.4) is 0 Å². The number of amides is 2. The summed E-state index contributed by atoms with van der Waals surface area (Å²) in [5, 5.41) is 2.62. The molecule has 0 bridgehead atoms. The summed E-state index contributed by atoms with van der Waals surface area (Å²) in [4.78, 5) is 27.4. The Bertz CT molecular complexity index is 978. The largest absolute Gasteiger partial charge is 0.497 e. The van der Waals surface area contributed by atoms with Crippen molar-refractivity contribution in [3.8, 4) is 5.75 Å². The summed E-state index contributed by atoms with van der Waals surface area (Å²) < 4.78 is 29.8. The minimum absolute atomic E-state index is 0.144. The lowest BCUT2D eigenvalue weighted by atomic mass is 10.0. The summed E-state index contributed by atoms with van der Waals surface area (Å²) in [5.74, 6) is -0.119. The van der Waals surface area contributed by atoms with E-state index in [1.165, 1.54) is 19.0 Å². The van der Waals surface area contributed by atoms with Crippen LogP contribution < -0.4 is 10.1 Å². The van der Waals surface area contributed by atoms with Gasteiger partial charge in [0.15, 0.2) is 0 Å². The molecule has 8 nitrogen and oxygen atoms in total. The van der Waals surface area contributed by atoms with Gasteiger partial charge in [0.25, 0.3) is 0 Å². The van der Waals surface area contributed by atoms with Crippen molar-refractivity contribution in [2.24, 2.45) is 0 Å². The first-order valence-corrected chi connectivity index (χ1v) is 11.6. The molecule has 0 saturated carbocycles. The summed E-state index contributed by atoms with van der Waals surface area (Å²) >= 11 is 0. The number of benzene rings is 2. The highest BCUT2D eigenvalue weighted by Gasteiger charge is 2.31. The van der Waals surface area contributed by atoms with Gasteiger partial charge in [-0.3, -0.25) is 9.59 Å². The fourth-order valence-corrected chi connectivity index (χ4v) is 3.39. The number of carbonyl (C=O) groups excluding carboxylic acids is 2. The molecule has 31 heavy (non-hydrogen) atoms. The normalized spacial score (nSPS) is 12.3. The smallest absolute Gasteiger partial charge is 0.242 e. The highest BCUT2D eigenvalue weighted by Crippen LogP contribution is 2.18. The third kappa shape index (κ3) is 7.08. The van der Waals surface area contributed by atoms with Gasteiger partial charge in [-0.1, -0.05) is 42.5 Å². The van der Waals surface area contributed by atoms with Crippen LogP contribution in [0.4, 0.5) is 0 Å². The number of hydrogen-bond acceptors (Lipinski definition) is 5. The quantitative estimate of drug-likeness (QED) is 0.592.